The molecule has 0 unspecified atom stereocenters. The summed E-state index contributed by atoms with van der Waals surface area (Å²) in [6.45, 7) is 7.70. The van der Waals surface area contributed by atoms with E-state index in [2.05, 4.69) is 76.8 Å². The molecule has 1 aromatic heterocycles. The molecule has 1 aromatic carbocycles. The Hall–Kier alpha value is -0.693. The van der Waals surface area contributed by atoms with Crippen LogP contribution in [-0.2, 0) is 6.54 Å². The van der Waals surface area contributed by atoms with Gasteiger partial charge in [0.25, 0.3) is 0 Å². The van der Waals surface area contributed by atoms with Gasteiger partial charge in [-0.15, -0.1) is 5.10 Å². The van der Waals surface area contributed by atoms with E-state index in [0.29, 0.717) is 0 Å². The van der Waals surface area contributed by atoms with Crippen molar-refractivity contribution in [3.8, 4) is 0 Å². The predicted molar refractivity (Wildman–Crippen MR) is 81.3 cm³/mol. The molecule has 2 aromatic rings. The van der Waals surface area contributed by atoms with Crippen LogP contribution in [0.3, 0.4) is 0 Å². The minimum absolute atomic E-state index is 0.802. The summed E-state index contributed by atoms with van der Waals surface area (Å²) in [6, 6.07) is 10.4. The van der Waals surface area contributed by atoms with E-state index in [-0.39, 0.29) is 0 Å². The number of rotatable bonds is 3. The van der Waals surface area contributed by atoms with Crippen LogP contribution in [0.25, 0.3) is 0 Å². The molecule has 1 heterocycles. The Kier molecular flexibility index (Phi) is 3.67. The summed E-state index contributed by atoms with van der Waals surface area (Å²) in [4.78, 5) is 0. The highest BCUT2D eigenvalue weighted by Gasteiger charge is 2.25. The molecule has 0 saturated heterocycles. The molecular weight excluding hydrogens is 341 g/mol. The lowest BCUT2D eigenvalue weighted by molar-refractivity contribution is 0.636. The first-order valence-corrected chi connectivity index (χ1v) is 10.2. The SMILES string of the molecule is C[Si](C)(C)c1nnn(Cc2ccccc2)c1I. The fraction of sp³-hybridized carbons (Fsp3) is 0.333. The quantitative estimate of drug-likeness (QED) is 0.624. The van der Waals surface area contributed by atoms with Crippen LogP contribution in [0, 0.1) is 3.70 Å². The van der Waals surface area contributed by atoms with E-state index < -0.39 is 8.07 Å². The summed E-state index contributed by atoms with van der Waals surface area (Å²) in [5, 5.41) is 9.82. The molecule has 0 spiro atoms. The van der Waals surface area contributed by atoms with Crippen LogP contribution in [0.15, 0.2) is 30.3 Å². The summed E-state index contributed by atoms with van der Waals surface area (Å²) in [5.74, 6) is 0. The molecule has 0 amide bonds. The minimum Gasteiger partial charge on any atom is -0.235 e. The first kappa shape index (κ1) is 12.8. The van der Waals surface area contributed by atoms with Gasteiger partial charge in [-0.2, -0.15) is 0 Å². The topological polar surface area (TPSA) is 30.7 Å². The molecule has 0 N–H and O–H groups in total. The second-order valence-corrected chi connectivity index (χ2v) is 11.1. The molecule has 0 saturated carbocycles. The number of benzene rings is 1. The second-order valence-electron chi connectivity index (χ2n) is 5.12. The zero-order valence-electron chi connectivity index (χ0n) is 10.3. The highest BCUT2D eigenvalue weighted by molar-refractivity contribution is 14.1. The molecule has 5 heteroatoms. The van der Waals surface area contributed by atoms with Crippen LogP contribution in [-0.4, -0.2) is 23.1 Å². The maximum atomic E-state index is 4.35. The van der Waals surface area contributed by atoms with Gasteiger partial charge in [-0.3, -0.25) is 0 Å². The van der Waals surface area contributed by atoms with Crippen molar-refractivity contribution >= 4 is 36.0 Å². The number of nitrogens with zero attached hydrogens (tertiary/aromatic N) is 3. The molecule has 3 nitrogen and oxygen atoms in total. The van der Waals surface area contributed by atoms with Crippen molar-refractivity contribution in [1.29, 1.82) is 0 Å². The standard InChI is InChI=1S/C12H16IN3Si/c1-17(2,3)12-11(13)16(15-14-12)9-10-7-5-4-6-8-10/h4-8H,9H2,1-3H3. The van der Waals surface area contributed by atoms with Crippen LogP contribution >= 0.6 is 22.6 Å². The Morgan fingerprint density at radius 3 is 2.35 bits per heavy atom. The maximum Gasteiger partial charge on any atom is 0.118 e. The molecular formula is C12H16IN3Si. The Balaban J connectivity index is 2.27. The number of halogens is 1. The molecule has 17 heavy (non-hydrogen) atoms. The molecule has 0 atom stereocenters. The lowest BCUT2D eigenvalue weighted by atomic mass is 10.2. The van der Waals surface area contributed by atoms with Crippen LogP contribution in [0.2, 0.25) is 19.6 Å². The monoisotopic (exact) mass is 357 g/mol. The normalized spacial score (nSPS) is 11.8. The third-order valence-electron chi connectivity index (χ3n) is 2.56. The van der Waals surface area contributed by atoms with E-state index in [4.69, 9.17) is 0 Å². The summed E-state index contributed by atoms with van der Waals surface area (Å²) in [7, 11) is -1.38. The first-order valence-electron chi connectivity index (χ1n) is 5.62. The van der Waals surface area contributed by atoms with Crippen molar-refractivity contribution in [1.82, 2.24) is 15.0 Å². The lowest BCUT2D eigenvalue weighted by Crippen LogP contribution is -2.41. The minimum atomic E-state index is -1.38. The number of hydrogen-bond donors (Lipinski definition) is 0. The van der Waals surface area contributed by atoms with Crippen LogP contribution in [0.1, 0.15) is 5.56 Å². The van der Waals surface area contributed by atoms with Crippen molar-refractivity contribution < 1.29 is 0 Å². The van der Waals surface area contributed by atoms with Gasteiger partial charge in [0.05, 0.1) is 11.9 Å². The van der Waals surface area contributed by atoms with Crippen molar-refractivity contribution in [2.45, 2.75) is 26.2 Å². The Labute approximate surface area is 116 Å². The fourth-order valence-electron chi connectivity index (χ4n) is 1.62. The van der Waals surface area contributed by atoms with Gasteiger partial charge in [0.15, 0.2) is 0 Å². The Morgan fingerprint density at radius 1 is 1.18 bits per heavy atom. The van der Waals surface area contributed by atoms with E-state index in [1.807, 2.05) is 10.7 Å². The van der Waals surface area contributed by atoms with Crippen molar-refractivity contribution in [2.75, 3.05) is 0 Å². The van der Waals surface area contributed by atoms with Crippen LogP contribution in [0.4, 0.5) is 0 Å². The highest BCUT2D eigenvalue weighted by Crippen LogP contribution is 2.09. The van der Waals surface area contributed by atoms with E-state index in [9.17, 15) is 0 Å². The van der Waals surface area contributed by atoms with Crippen molar-refractivity contribution in [3.63, 3.8) is 0 Å². The summed E-state index contributed by atoms with van der Waals surface area (Å²) < 4.78 is 3.18. The zero-order chi connectivity index (χ0) is 12.5. The fourth-order valence-corrected chi connectivity index (χ4v) is 5.51. The average Bonchev–Trinajstić information content (AvgIpc) is 2.61. The predicted octanol–water partition coefficient (Wildman–Crippen LogP) is 2.48. The zero-order valence-corrected chi connectivity index (χ0v) is 13.5. The maximum absolute atomic E-state index is 4.35. The summed E-state index contributed by atoms with van der Waals surface area (Å²) in [6.07, 6.45) is 0. The van der Waals surface area contributed by atoms with Gasteiger partial charge >= 0.3 is 0 Å². The molecule has 0 radical (unpaired) electrons. The first-order chi connectivity index (χ1) is 7.98. The lowest BCUT2D eigenvalue weighted by Gasteiger charge is -2.12. The van der Waals surface area contributed by atoms with Crippen molar-refractivity contribution in [2.24, 2.45) is 0 Å². The van der Waals surface area contributed by atoms with Crippen LogP contribution in [0.5, 0.6) is 0 Å². The van der Waals surface area contributed by atoms with Gasteiger partial charge in [0, 0.05) is 0 Å². The van der Waals surface area contributed by atoms with Gasteiger partial charge in [0.1, 0.15) is 11.8 Å². The number of hydrogen-bond acceptors (Lipinski definition) is 2. The summed E-state index contributed by atoms with van der Waals surface area (Å²) in [5.41, 5.74) is 1.26. The van der Waals surface area contributed by atoms with Gasteiger partial charge < -0.3 is 0 Å². The molecule has 0 aliphatic heterocycles. The number of aromatic nitrogens is 3. The molecule has 90 valence electrons. The van der Waals surface area contributed by atoms with Gasteiger partial charge in [0.2, 0.25) is 0 Å². The van der Waals surface area contributed by atoms with E-state index in [1.54, 1.807) is 0 Å². The molecule has 2 rings (SSSR count). The Morgan fingerprint density at radius 2 is 1.82 bits per heavy atom. The third-order valence-corrected chi connectivity index (χ3v) is 5.89. The average molecular weight is 357 g/mol. The van der Waals surface area contributed by atoms with Gasteiger partial charge in [-0.1, -0.05) is 55.2 Å². The Bertz CT molecular complexity index is 502. The largest absolute Gasteiger partial charge is 0.235 e. The summed E-state index contributed by atoms with van der Waals surface area (Å²) >= 11 is 2.36. The van der Waals surface area contributed by atoms with Gasteiger partial charge in [-0.25, -0.2) is 4.68 Å². The van der Waals surface area contributed by atoms with E-state index >= 15 is 0 Å². The molecule has 0 aliphatic rings. The molecule has 0 aliphatic carbocycles. The van der Waals surface area contributed by atoms with E-state index in [1.165, 1.54) is 14.6 Å². The van der Waals surface area contributed by atoms with Crippen molar-refractivity contribution in [3.05, 3.63) is 39.6 Å². The van der Waals surface area contributed by atoms with Gasteiger partial charge in [-0.05, 0) is 28.2 Å². The van der Waals surface area contributed by atoms with Crippen LogP contribution < -0.4 is 5.32 Å². The smallest absolute Gasteiger partial charge is 0.118 e. The highest BCUT2D eigenvalue weighted by atomic mass is 127. The molecule has 0 fully saturated rings. The third kappa shape index (κ3) is 2.95. The van der Waals surface area contributed by atoms with E-state index in [0.717, 1.165) is 6.54 Å². The molecule has 0 bridgehead atoms. The second kappa shape index (κ2) is 4.89.